The molecule has 19 heavy (non-hydrogen) atoms. The van der Waals surface area contributed by atoms with Gasteiger partial charge in [-0.2, -0.15) is 4.31 Å². The van der Waals surface area contributed by atoms with E-state index in [1.165, 1.54) is 19.2 Å². The summed E-state index contributed by atoms with van der Waals surface area (Å²) in [6.07, 6.45) is 1.74. The van der Waals surface area contributed by atoms with Gasteiger partial charge in [-0.3, -0.25) is 4.79 Å². The molecule has 1 fully saturated rings. The van der Waals surface area contributed by atoms with Crippen LogP contribution in [0.2, 0.25) is 0 Å². The largest absolute Gasteiger partial charge is 0.352 e. The molecule has 0 bridgehead atoms. The summed E-state index contributed by atoms with van der Waals surface area (Å²) >= 11 is 0. The summed E-state index contributed by atoms with van der Waals surface area (Å²) in [5.41, 5.74) is 0. The van der Waals surface area contributed by atoms with Crippen molar-refractivity contribution >= 4 is 15.9 Å². The third kappa shape index (κ3) is 2.90. The fourth-order valence-corrected chi connectivity index (χ4v) is 3.51. The molecule has 1 N–H and O–H groups in total. The van der Waals surface area contributed by atoms with Gasteiger partial charge < -0.3 is 5.32 Å². The third-order valence-corrected chi connectivity index (χ3v) is 4.67. The summed E-state index contributed by atoms with van der Waals surface area (Å²) in [5, 5.41) is 2.08. The molecule has 0 radical (unpaired) electrons. The number of halogens is 1. The number of carbonyl (C=O) groups is 1. The molecular weight excluding hydrogens is 273 g/mol. The molecule has 1 amide bonds. The van der Waals surface area contributed by atoms with Gasteiger partial charge in [0.1, 0.15) is 0 Å². The van der Waals surface area contributed by atoms with Gasteiger partial charge in [-0.05, 0) is 18.6 Å². The van der Waals surface area contributed by atoms with Gasteiger partial charge in [-0.25, -0.2) is 17.8 Å². The number of pyridine rings is 1. The van der Waals surface area contributed by atoms with Gasteiger partial charge in [0.25, 0.3) is 10.0 Å². The molecule has 1 aromatic rings. The van der Waals surface area contributed by atoms with E-state index in [1.807, 2.05) is 0 Å². The molecule has 1 unspecified atom stereocenters. The quantitative estimate of drug-likeness (QED) is 0.856. The fraction of sp³-hybridized carbons (Fsp3) is 0.455. The number of hydrogen-bond acceptors (Lipinski definition) is 4. The molecule has 104 valence electrons. The Morgan fingerprint density at radius 1 is 1.58 bits per heavy atom. The summed E-state index contributed by atoms with van der Waals surface area (Å²) in [6, 6.07) is 2.15. The van der Waals surface area contributed by atoms with Crippen molar-refractivity contribution in [2.45, 2.75) is 24.4 Å². The van der Waals surface area contributed by atoms with Crippen LogP contribution in [0.25, 0.3) is 0 Å². The maximum Gasteiger partial charge on any atom is 0.263 e. The summed E-state index contributed by atoms with van der Waals surface area (Å²) in [4.78, 5) is 14.5. The molecule has 1 saturated heterocycles. The number of nitrogens with zero attached hydrogens (tertiary/aromatic N) is 2. The van der Waals surface area contributed by atoms with Gasteiger partial charge in [0.2, 0.25) is 10.9 Å². The van der Waals surface area contributed by atoms with E-state index in [0.717, 1.165) is 10.4 Å². The minimum absolute atomic E-state index is 0.137. The van der Waals surface area contributed by atoms with Crippen LogP contribution in [0.1, 0.15) is 13.3 Å². The summed E-state index contributed by atoms with van der Waals surface area (Å²) in [5.74, 6) is -1.08. The molecule has 0 spiro atoms. The van der Waals surface area contributed by atoms with Crippen molar-refractivity contribution in [2.24, 2.45) is 0 Å². The number of nitrogens with one attached hydrogen (secondary N) is 1. The second-order valence-corrected chi connectivity index (χ2v) is 6.19. The average Bonchev–Trinajstić information content (AvgIpc) is 2.77. The molecular formula is C11H14FN3O3S. The molecule has 0 aromatic carbocycles. The summed E-state index contributed by atoms with van der Waals surface area (Å²) in [6.45, 7) is 1.75. The fourth-order valence-electron chi connectivity index (χ4n) is 2.04. The van der Waals surface area contributed by atoms with E-state index < -0.39 is 20.9 Å². The van der Waals surface area contributed by atoms with Gasteiger partial charge in [0.05, 0.1) is 0 Å². The zero-order valence-corrected chi connectivity index (χ0v) is 11.2. The van der Waals surface area contributed by atoms with Crippen LogP contribution in [0.3, 0.4) is 0 Å². The number of amides is 1. The second-order valence-electron chi connectivity index (χ2n) is 4.34. The standard InChI is InChI=1S/C11H14FN3O3S/c1-8(16)14-9-4-6-15(7-9)19(17,18)11-10(12)3-2-5-13-11/h2-3,5,9H,4,6-7H2,1H3,(H,14,16). The predicted molar refractivity (Wildman–Crippen MR) is 65.2 cm³/mol. The maximum atomic E-state index is 13.5. The smallest absolute Gasteiger partial charge is 0.263 e. The van der Waals surface area contributed by atoms with Crippen LogP contribution in [-0.4, -0.2) is 42.7 Å². The molecule has 1 aromatic heterocycles. The van der Waals surface area contributed by atoms with Crippen LogP contribution in [-0.2, 0) is 14.8 Å². The number of rotatable bonds is 3. The molecule has 0 aliphatic carbocycles. The Balaban J connectivity index is 2.19. The molecule has 0 saturated carbocycles. The lowest BCUT2D eigenvalue weighted by molar-refractivity contribution is -0.119. The second kappa shape index (κ2) is 5.22. The molecule has 1 aliphatic heterocycles. The Labute approximate surface area is 110 Å². The van der Waals surface area contributed by atoms with Gasteiger partial charge in [0, 0.05) is 32.3 Å². The number of hydrogen-bond donors (Lipinski definition) is 1. The van der Waals surface area contributed by atoms with Crippen LogP contribution < -0.4 is 5.32 Å². The van der Waals surface area contributed by atoms with Crippen molar-refractivity contribution < 1.29 is 17.6 Å². The molecule has 8 heteroatoms. The lowest BCUT2D eigenvalue weighted by Gasteiger charge is -2.16. The SMILES string of the molecule is CC(=O)NC1CCN(S(=O)(=O)c2ncccc2F)C1. The van der Waals surface area contributed by atoms with Crippen LogP contribution >= 0.6 is 0 Å². The lowest BCUT2D eigenvalue weighted by Crippen LogP contribution is -2.37. The Bertz CT molecular complexity index is 591. The van der Waals surface area contributed by atoms with Crippen LogP contribution in [0.15, 0.2) is 23.4 Å². The van der Waals surface area contributed by atoms with E-state index >= 15 is 0 Å². The van der Waals surface area contributed by atoms with Crippen LogP contribution in [0.4, 0.5) is 4.39 Å². The van der Waals surface area contributed by atoms with Crippen molar-refractivity contribution in [2.75, 3.05) is 13.1 Å². The first-order valence-corrected chi connectivity index (χ1v) is 7.23. The Morgan fingerprint density at radius 2 is 2.32 bits per heavy atom. The highest BCUT2D eigenvalue weighted by Crippen LogP contribution is 2.21. The van der Waals surface area contributed by atoms with Crippen molar-refractivity contribution in [1.29, 1.82) is 0 Å². The first-order valence-electron chi connectivity index (χ1n) is 5.79. The third-order valence-electron chi connectivity index (χ3n) is 2.87. The van der Waals surface area contributed by atoms with E-state index in [2.05, 4.69) is 10.3 Å². The van der Waals surface area contributed by atoms with Gasteiger partial charge in [0.15, 0.2) is 5.82 Å². The summed E-state index contributed by atoms with van der Waals surface area (Å²) in [7, 11) is -3.94. The summed E-state index contributed by atoms with van der Waals surface area (Å²) < 4.78 is 39.0. The van der Waals surface area contributed by atoms with Crippen molar-refractivity contribution in [1.82, 2.24) is 14.6 Å². The van der Waals surface area contributed by atoms with Crippen molar-refractivity contribution in [3.63, 3.8) is 0 Å². The predicted octanol–water partition coefficient (Wildman–Crippen LogP) is 0.120. The molecule has 2 heterocycles. The van der Waals surface area contributed by atoms with E-state index in [4.69, 9.17) is 0 Å². The van der Waals surface area contributed by atoms with E-state index in [-0.39, 0.29) is 25.0 Å². The first kappa shape index (κ1) is 13.9. The molecule has 1 atom stereocenters. The highest BCUT2D eigenvalue weighted by Gasteiger charge is 2.35. The molecule has 2 rings (SSSR count). The normalized spacial score (nSPS) is 20.4. The Morgan fingerprint density at radius 3 is 2.95 bits per heavy atom. The number of sulfonamides is 1. The van der Waals surface area contributed by atoms with Crippen LogP contribution in [0.5, 0.6) is 0 Å². The maximum absolute atomic E-state index is 13.5. The topological polar surface area (TPSA) is 79.4 Å². The Kier molecular flexibility index (Phi) is 3.81. The first-order chi connectivity index (χ1) is 8.91. The minimum Gasteiger partial charge on any atom is -0.352 e. The van der Waals surface area contributed by atoms with Gasteiger partial charge in [-0.15, -0.1) is 0 Å². The minimum atomic E-state index is -3.94. The zero-order valence-electron chi connectivity index (χ0n) is 10.3. The average molecular weight is 287 g/mol. The van der Waals surface area contributed by atoms with Crippen molar-refractivity contribution in [3.8, 4) is 0 Å². The van der Waals surface area contributed by atoms with E-state index in [0.29, 0.717) is 6.42 Å². The molecule has 1 aliphatic rings. The highest BCUT2D eigenvalue weighted by atomic mass is 32.2. The monoisotopic (exact) mass is 287 g/mol. The van der Waals surface area contributed by atoms with Crippen molar-refractivity contribution in [3.05, 3.63) is 24.1 Å². The highest BCUT2D eigenvalue weighted by molar-refractivity contribution is 7.89. The lowest BCUT2D eigenvalue weighted by atomic mass is 10.3. The molecule has 6 nitrogen and oxygen atoms in total. The zero-order chi connectivity index (χ0) is 14.0. The Hall–Kier alpha value is -1.54. The van der Waals surface area contributed by atoms with Gasteiger partial charge >= 0.3 is 0 Å². The van der Waals surface area contributed by atoms with Gasteiger partial charge in [-0.1, -0.05) is 0 Å². The number of carbonyl (C=O) groups excluding carboxylic acids is 1. The van der Waals surface area contributed by atoms with E-state index in [1.54, 1.807) is 0 Å². The van der Waals surface area contributed by atoms with Crippen LogP contribution in [0, 0.1) is 5.82 Å². The van der Waals surface area contributed by atoms with E-state index in [9.17, 15) is 17.6 Å². The number of aromatic nitrogens is 1.